The van der Waals surface area contributed by atoms with Crippen LogP contribution in [0.4, 0.5) is 5.69 Å². The molecule has 1 amide bonds. The number of fused-ring (bicyclic) bond motifs is 2. The minimum atomic E-state index is -0.144. The van der Waals surface area contributed by atoms with Crippen LogP contribution in [-0.4, -0.2) is 16.7 Å². The summed E-state index contributed by atoms with van der Waals surface area (Å²) in [7, 11) is 0. The summed E-state index contributed by atoms with van der Waals surface area (Å²) >= 11 is 4.58. The summed E-state index contributed by atoms with van der Waals surface area (Å²) in [5, 5.41) is 12.9. The summed E-state index contributed by atoms with van der Waals surface area (Å²) < 4.78 is 5.62. The molecule has 43 heavy (non-hydrogen) atoms. The second kappa shape index (κ2) is 13.5. The smallest absolute Gasteiger partial charge is 0.265 e. The number of allylic oxidation sites excluding steroid dienone is 1. The number of nitrogens with one attached hydrogen (secondary N) is 3. The highest BCUT2D eigenvalue weighted by Gasteiger charge is 2.18. The number of benzene rings is 3. The predicted octanol–water partition coefficient (Wildman–Crippen LogP) is 6.57. The summed E-state index contributed by atoms with van der Waals surface area (Å²) in [6.07, 6.45) is 9.81. The van der Waals surface area contributed by atoms with Crippen molar-refractivity contribution in [3.63, 3.8) is 0 Å². The van der Waals surface area contributed by atoms with Gasteiger partial charge in [-0.1, -0.05) is 48.6 Å². The van der Waals surface area contributed by atoms with Crippen molar-refractivity contribution in [1.82, 2.24) is 9.71 Å². The molecule has 2 aromatic heterocycles. The van der Waals surface area contributed by atoms with E-state index in [1.165, 1.54) is 23.3 Å². The van der Waals surface area contributed by atoms with Gasteiger partial charge in [-0.3, -0.25) is 10.2 Å². The number of aromatic nitrogens is 1. The second-order valence-electron chi connectivity index (χ2n) is 10.1. The van der Waals surface area contributed by atoms with Gasteiger partial charge >= 0.3 is 0 Å². The minimum Gasteiger partial charge on any atom is -0.384 e. The molecule has 1 unspecified atom stereocenters. The van der Waals surface area contributed by atoms with Crippen LogP contribution in [0, 0.1) is 5.41 Å². The van der Waals surface area contributed by atoms with Crippen LogP contribution in [0.2, 0.25) is 0 Å². The van der Waals surface area contributed by atoms with E-state index in [2.05, 4.69) is 33.2 Å². The zero-order valence-electron chi connectivity index (χ0n) is 23.2. The van der Waals surface area contributed by atoms with Crippen molar-refractivity contribution in [2.75, 3.05) is 5.32 Å². The van der Waals surface area contributed by atoms with E-state index in [4.69, 9.17) is 16.1 Å². The fourth-order valence-corrected chi connectivity index (χ4v) is 7.54. The summed E-state index contributed by atoms with van der Waals surface area (Å²) in [6.45, 7) is 0. The summed E-state index contributed by atoms with van der Waals surface area (Å²) in [5.74, 6) is -0.0944. The molecule has 5 N–H and O–H groups in total. The Bertz CT molecular complexity index is 1910. The number of nitrogens with zero attached hydrogens (tertiary/aromatic N) is 2. The minimum absolute atomic E-state index is 0.0492. The van der Waals surface area contributed by atoms with Gasteiger partial charge in [0.1, 0.15) is 15.5 Å². The maximum atomic E-state index is 13.2. The largest absolute Gasteiger partial charge is 0.384 e. The van der Waals surface area contributed by atoms with Crippen molar-refractivity contribution < 1.29 is 4.79 Å². The van der Waals surface area contributed by atoms with E-state index >= 15 is 0 Å². The first-order valence-electron chi connectivity index (χ1n) is 14.0. The zero-order chi connectivity index (χ0) is 29.6. The molecule has 1 atom stereocenters. The zero-order valence-corrected chi connectivity index (χ0v) is 25.7. The number of amidine groups is 1. The number of thiophene rings is 1. The number of thiazole rings is 1. The monoisotopic (exact) mass is 622 g/mol. The molecule has 6 rings (SSSR count). The first-order chi connectivity index (χ1) is 21.0. The Kier molecular flexibility index (Phi) is 9.09. The molecule has 0 aliphatic carbocycles. The van der Waals surface area contributed by atoms with E-state index in [0.717, 1.165) is 60.5 Å². The third-order valence-electron chi connectivity index (χ3n) is 6.90. The van der Waals surface area contributed by atoms with Crippen molar-refractivity contribution in [3.8, 4) is 0 Å². The predicted molar refractivity (Wildman–Crippen MR) is 179 cm³/mol. The number of carbonyl (C=O) groups excluding carboxylic acids is 1. The summed E-state index contributed by atoms with van der Waals surface area (Å²) in [6, 6.07) is 25.6. The average molecular weight is 623 g/mol. The molecule has 3 heterocycles. The molecule has 0 saturated heterocycles. The lowest BCUT2D eigenvalue weighted by Gasteiger charge is -2.17. The van der Waals surface area contributed by atoms with Crippen LogP contribution in [0.5, 0.6) is 0 Å². The Labute approximate surface area is 261 Å². The molecular formula is C33H30N6OS3. The molecule has 1 aliphatic rings. The number of para-hydroxylation sites is 1. The molecular weight excluding hydrogens is 593 g/mol. The van der Waals surface area contributed by atoms with Gasteiger partial charge in [0.05, 0.1) is 21.1 Å². The number of rotatable bonds is 9. The Balaban J connectivity index is 1.20. The molecule has 0 fully saturated rings. The normalized spacial score (nSPS) is 15.9. The molecule has 7 nitrogen and oxygen atoms in total. The molecule has 0 saturated carbocycles. The quantitative estimate of drug-likeness (QED) is 0.0843. The van der Waals surface area contributed by atoms with E-state index < -0.39 is 0 Å². The van der Waals surface area contributed by atoms with Crippen molar-refractivity contribution >= 4 is 68.3 Å². The number of nitrogens with two attached hydrogens (primary N) is 1. The van der Waals surface area contributed by atoms with Crippen LogP contribution in [0.3, 0.4) is 0 Å². The van der Waals surface area contributed by atoms with Crippen LogP contribution in [0.1, 0.15) is 51.1 Å². The molecule has 5 aromatic rings. The van der Waals surface area contributed by atoms with E-state index in [-0.39, 0.29) is 17.8 Å². The molecule has 216 valence electrons. The highest BCUT2D eigenvalue weighted by Crippen LogP contribution is 2.31. The molecule has 10 heteroatoms. The number of amides is 1. The molecule has 0 radical (unpaired) electrons. The van der Waals surface area contributed by atoms with Gasteiger partial charge in [0.15, 0.2) is 0 Å². The van der Waals surface area contributed by atoms with Crippen molar-refractivity contribution in [3.05, 3.63) is 122 Å². The van der Waals surface area contributed by atoms with Crippen molar-refractivity contribution in [1.29, 1.82) is 5.41 Å². The summed E-state index contributed by atoms with van der Waals surface area (Å²) in [5.41, 5.74) is 9.21. The van der Waals surface area contributed by atoms with E-state index in [1.807, 2.05) is 79.0 Å². The SMILES string of the molecule is N=C(N)c1cccc(CC(NSc2cccc(NC(=O)c3cc4/c(s3)=N\C=C/CCC/C=4)c2)c2nc3ccccc3s2)c1. The Morgan fingerprint density at radius 1 is 1.02 bits per heavy atom. The number of anilines is 1. The van der Waals surface area contributed by atoms with Crippen molar-refractivity contribution in [2.45, 2.75) is 36.6 Å². The van der Waals surface area contributed by atoms with Gasteiger partial charge in [-0.25, -0.2) is 14.7 Å². The maximum Gasteiger partial charge on any atom is 0.265 e. The average Bonchev–Trinajstić information content (AvgIpc) is 3.65. The van der Waals surface area contributed by atoms with Gasteiger partial charge in [0.25, 0.3) is 5.91 Å². The fourth-order valence-electron chi connectivity index (χ4n) is 4.73. The van der Waals surface area contributed by atoms with Crippen LogP contribution >= 0.6 is 34.6 Å². The van der Waals surface area contributed by atoms with Gasteiger partial charge in [0.2, 0.25) is 0 Å². The lowest BCUT2D eigenvalue weighted by Crippen LogP contribution is -2.18. The third kappa shape index (κ3) is 7.29. The van der Waals surface area contributed by atoms with Gasteiger partial charge in [-0.05, 0) is 85.7 Å². The van der Waals surface area contributed by atoms with Crippen LogP contribution in [0.15, 0.2) is 101 Å². The molecule has 0 spiro atoms. The first-order valence-corrected chi connectivity index (χ1v) is 16.4. The van der Waals surface area contributed by atoms with Crippen LogP contribution in [-0.2, 0) is 6.42 Å². The third-order valence-corrected chi connectivity index (χ3v) is 10.00. The lowest BCUT2D eigenvalue weighted by atomic mass is 10.0. The van der Waals surface area contributed by atoms with Gasteiger partial charge < -0.3 is 11.1 Å². The van der Waals surface area contributed by atoms with E-state index in [1.54, 1.807) is 11.3 Å². The van der Waals surface area contributed by atoms with Crippen LogP contribution < -0.4 is 25.7 Å². The topological polar surface area (TPSA) is 116 Å². The molecule has 1 aliphatic heterocycles. The van der Waals surface area contributed by atoms with E-state index in [9.17, 15) is 4.79 Å². The highest BCUT2D eigenvalue weighted by atomic mass is 32.2. The number of nitrogen functional groups attached to an aromatic ring is 1. The Morgan fingerprint density at radius 2 is 1.91 bits per heavy atom. The fraction of sp³-hybridized carbons (Fsp3) is 0.152. The van der Waals surface area contributed by atoms with Crippen molar-refractivity contribution in [2.24, 2.45) is 10.7 Å². The number of carbonyl (C=O) groups is 1. The van der Waals surface area contributed by atoms with Gasteiger partial charge in [0, 0.05) is 27.6 Å². The Morgan fingerprint density at radius 3 is 2.79 bits per heavy atom. The molecule has 3 aromatic carbocycles. The second-order valence-corrected chi connectivity index (χ2v) is 13.1. The number of hydrogen-bond acceptors (Lipinski definition) is 8. The van der Waals surface area contributed by atoms with Gasteiger partial charge in [-0.2, -0.15) is 0 Å². The van der Waals surface area contributed by atoms with Crippen LogP contribution in [0.25, 0.3) is 16.3 Å². The Hall–Kier alpha value is -4.09. The lowest BCUT2D eigenvalue weighted by molar-refractivity contribution is 0.103. The summed E-state index contributed by atoms with van der Waals surface area (Å²) in [4.78, 5) is 24.2. The standard InChI is InChI=1S/C33H30N6OS3/c34-30(35)22-11-7-9-21(17-22)18-27(33-38-26-14-4-5-15-28(26)41-33)39-43-25-13-8-12-24(20-25)37-31(40)29-19-23-10-3-1-2-6-16-36-32(23)42-29/h4-17,19-20,27,39H,1-3,18H2,(H3,34,35)(H,37,40)/b16-6-,23-10+,36-32+. The van der Waals surface area contributed by atoms with Gasteiger partial charge in [-0.15, -0.1) is 22.7 Å². The first kappa shape index (κ1) is 29.0. The highest BCUT2D eigenvalue weighted by molar-refractivity contribution is 7.97. The number of hydrogen-bond donors (Lipinski definition) is 4. The maximum absolute atomic E-state index is 13.2. The van der Waals surface area contributed by atoms with E-state index in [0.29, 0.717) is 16.9 Å². The molecule has 0 bridgehead atoms.